The fourth-order valence-electron chi connectivity index (χ4n) is 3.60. The fraction of sp³-hybridized carbons (Fsp3) is 0.609. The lowest BCUT2D eigenvalue weighted by atomic mass is 10.0. The van der Waals surface area contributed by atoms with Crippen molar-refractivity contribution in [1.29, 1.82) is 0 Å². The molecular weight excluding hydrogens is 380 g/mol. The SMILES string of the molecule is CCCCNC(=O)NC(C(=O)N1CCN(C(=O)c2ccc(C)cc2)C(C)C1)C(C)C. The Hall–Kier alpha value is -2.57. The van der Waals surface area contributed by atoms with E-state index in [-0.39, 0.29) is 29.8 Å². The van der Waals surface area contributed by atoms with E-state index in [9.17, 15) is 14.4 Å². The van der Waals surface area contributed by atoms with Gasteiger partial charge >= 0.3 is 6.03 Å². The van der Waals surface area contributed by atoms with Crippen molar-refractivity contribution in [2.24, 2.45) is 5.92 Å². The van der Waals surface area contributed by atoms with Gasteiger partial charge in [-0.15, -0.1) is 0 Å². The van der Waals surface area contributed by atoms with Crippen molar-refractivity contribution in [3.63, 3.8) is 0 Å². The molecule has 2 atom stereocenters. The molecule has 30 heavy (non-hydrogen) atoms. The Bertz CT molecular complexity index is 732. The first-order valence-corrected chi connectivity index (χ1v) is 10.9. The van der Waals surface area contributed by atoms with E-state index in [4.69, 9.17) is 0 Å². The molecule has 1 fully saturated rings. The molecule has 0 radical (unpaired) electrons. The maximum Gasteiger partial charge on any atom is 0.315 e. The van der Waals surface area contributed by atoms with Crippen molar-refractivity contribution in [1.82, 2.24) is 20.4 Å². The average Bonchev–Trinajstić information content (AvgIpc) is 2.71. The monoisotopic (exact) mass is 416 g/mol. The van der Waals surface area contributed by atoms with Crippen LogP contribution >= 0.6 is 0 Å². The highest BCUT2D eigenvalue weighted by atomic mass is 16.2. The van der Waals surface area contributed by atoms with Gasteiger partial charge in [0.25, 0.3) is 5.91 Å². The van der Waals surface area contributed by atoms with E-state index in [0.717, 1.165) is 18.4 Å². The van der Waals surface area contributed by atoms with E-state index in [2.05, 4.69) is 17.6 Å². The number of unbranched alkanes of at least 4 members (excludes halogenated alkanes) is 1. The number of hydrogen-bond donors (Lipinski definition) is 2. The van der Waals surface area contributed by atoms with Gasteiger partial charge in [0.1, 0.15) is 6.04 Å². The second kappa shape index (κ2) is 11.0. The number of rotatable bonds is 7. The first-order chi connectivity index (χ1) is 14.2. The van der Waals surface area contributed by atoms with Gasteiger partial charge in [0.2, 0.25) is 5.91 Å². The Labute approximate surface area is 180 Å². The van der Waals surface area contributed by atoms with E-state index in [0.29, 0.717) is 31.7 Å². The van der Waals surface area contributed by atoms with E-state index in [1.807, 2.05) is 56.9 Å². The molecule has 2 rings (SSSR count). The number of benzene rings is 1. The highest BCUT2D eigenvalue weighted by molar-refractivity contribution is 5.95. The number of piperazine rings is 1. The van der Waals surface area contributed by atoms with E-state index < -0.39 is 6.04 Å². The standard InChI is InChI=1S/C23H36N4O3/c1-6-7-12-24-23(30)25-20(16(2)3)22(29)26-13-14-27(18(5)15-26)21(28)19-10-8-17(4)9-11-19/h8-11,16,18,20H,6-7,12-15H2,1-5H3,(H2,24,25,30). The fourth-order valence-corrected chi connectivity index (χ4v) is 3.60. The van der Waals surface area contributed by atoms with Crippen molar-refractivity contribution in [3.8, 4) is 0 Å². The minimum absolute atomic E-state index is 0.0107. The number of amides is 4. The third-order valence-corrected chi connectivity index (χ3v) is 5.53. The molecule has 4 amide bonds. The highest BCUT2D eigenvalue weighted by Crippen LogP contribution is 2.17. The maximum absolute atomic E-state index is 13.1. The summed E-state index contributed by atoms with van der Waals surface area (Å²) in [6, 6.07) is 6.57. The second-order valence-electron chi connectivity index (χ2n) is 8.47. The molecule has 0 saturated carbocycles. The first kappa shape index (κ1) is 23.7. The lowest BCUT2D eigenvalue weighted by Gasteiger charge is -2.41. The van der Waals surface area contributed by atoms with Crippen LogP contribution in [0.4, 0.5) is 4.79 Å². The number of carbonyl (C=O) groups is 3. The average molecular weight is 417 g/mol. The lowest BCUT2D eigenvalue weighted by molar-refractivity contribution is -0.136. The molecule has 1 saturated heterocycles. The molecule has 7 nitrogen and oxygen atoms in total. The van der Waals surface area contributed by atoms with Gasteiger partial charge in [0, 0.05) is 37.8 Å². The Kier molecular flexibility index (Phi) is 8.69. The topological polar surface area (TPSA) is 81.8 Å². The summed E-state index contributed by atoms with van der Waals surface area (Å²) in [5.41, 5.74) is 1.78. The molecule has 0 spiro atoms. The Morgan fingerprint density at radius 3 is 2.37 bits per heavy atom. The number of hydrogen-bond acceptors (Lipinski definition) is 3. The Morgan fingerprint density at radius 1 is 1.13 bits per heavy atom. The van der Waals surface area contributed by atoms with Crippen LogP contribution < -0.4 is 10.6 Å². The van der Waals surface area contributed by atoms with E-state index in [1.165, 1.54) is 0 Å². The summed E-state index contributed by atoms with van der Waals surface area (Å²) in [6.45, 7) is 11.9. The molecule has 1 heterocycles. The van der Waals surface area contributed by atoms with Gasteiger partial charge in [-0.1, -0.05) is 44.9 Å². The van der Waals surface area contributed by atoms with Crippen molar-refractivity contribution >= 4 is 17.8 Å². The molecule has 0 bridgehead atoms. The summed E-state index contributed by atoms with van der Waals surface area (Å²) in [7, 11) is 0. The van der Waals surface area contributed by atoms with Crippen molar-refractivity contribution < 1.29 is 14.4 Å². The smallest absolute Gasteiger partial charge is 0.315 e. The van der Waals surface area contributed by atoms with Gasteiger partial charge in [-0.05, 0) is 38.3 Å². The quantitative estimate of drug-likeness (QED) is 0.671. The van der Waals surface area contributed by atoms with Gasteiger partial charge in [0.15, 0.2) is 0 Å². The van der Waals surface area contributed by atoms with Crippen LogP contribution in [0.25, 0.3) is 0 Å². The zero-order chi connectivity index (χ0) is 22.3. The summed E-state index contributed by atoms with van der Waals surface area (Å²) in [5.74, 6) is -0.134. The van der Waals surface area contributed by atoms with Crippen molar-refractivity contribution in [3.05, 3.63) is 35.4 Å². The Balaban J connectivity index is 1.97. The maximum atomic E-state index is 13.1. The van der Waals surface area contributed by atoms with E-state index >= 15 is 0 Å². The van der Waals surface area contributed by atoms with Crippen molar-refractivity contribution in [2.45, 2.75) is 59.5 Å². The minimum atomic E-state index is -0.585. The summed E-state index contributed by atoms with van der Waals surface area (Å²) in [6.07, 6.45) is 1.90. The summed E-state index contributed by atoms with van der Waals surface area (Å²) in [4.78, 5) is 41.7. The number of nitrogens with zero attached hydrogens (tertiary/aromatic N) is 2. The van der Waals surface area contributed by atoms with Gasteiger partial charge in [-0.3, -0.25) is 9.59 Å². The third-order valence-electron chi connectivity index (χ3n) is 5.53. The van der Waals surface area contributed by atoms with Crippen LogP contribution in [0.5, 0.6) is 0 Å². The van der Waals surface area contributed by atoms with Crippen LogP contribution in [0.1, 0.15) is 56.5 Å². The molecule has 1 aromatic rings. The van der Waals surface area contributed by atoms with Crippen LogP contribution in [-0.2, 0) is 4.79 Å². The zero-order valence-electron chi connectivity index (χ0n) is 18.9. The van der Waals surface area contributed by atoms with Gasteiger partial charge in [-0.2, -0.15) is 0 Å². The number of nitrogens with one attached hydrogen (secondary N) is 2. The second-order valence-corrected chi connectivity index (χ2v) is 8.47. The highest BCUT2D eigenvalue weighted by Gasteiger charge is 2.34. The summed E-state index contributed by atoms with van der Waals surface area (Å²) >= 11 is 0. The predicted octanol–water partition coefficient (Wildman–Crippen LogP) is 2.79. The minimum Gasteiger partial charge on any atom is -0.338 e. The molecule has 1 aliphatic rings. The number of urea groups is 1. The molecule has 2 unspecified atom stereocenters. The molecular formula is C23H36N4O3. The molecule has 166 valence electrons. The lowest BCUT2D eigenvalue weighted by Crippen LogP contribution is -2.60. The van der Waals surface area contributed by atoms with Gasteiger partial charge in [0.05, 0.1) is 0 Å². The van der Waals surface area contributed by atoms with Crippen LogP contribution in [0, 0.1) is 12.8 Å². The molecule has 1 aliphatic heterocycles. The third kappa shape index (κ3) is 6.21. The van der Waals surface area contributed by atoms with Crippen LogP contribution in [0.3, 0.4) is 0 Å². The van der Waals surface area contributed by atoms with Crippen LogP contribution in [0.2, 0.25) is 0 Å². The normalized spacial score (nSPS) is 17.6. The number of aryl methyl sites for hydroxylation is 1. The molecule has 1 aromatic carbocycles. The van der Waals surface area contributed by atoms with Crippen LogP contribution in [0.15, 0.2) is 24.3 Å². The van der Waals surface area contributed by atoms with Crippen molar-refractivity contribution in [2.75, 3.05) is 26.2 Å². The molecule has 7 heteroatoms. The summed E-state index contributed by atoms with van der Waals surface area (Å²) < 4.78 is 0. The predicted molar refractivity (Wildman–Crippen MR) is 118 cm³/mol. The Morgan fingerprint density at radius 2 is 1.80 bits per heavy atom. The van der Waals surface area contributed by atoms with Crippen LogP contribution in [-0.4, -0.2) is 65.9 Å². The first-order valence-electron chi connectivity index (χ1n) is 10.9. The van der Waals surface area contributed by atoms with Gasteiger partial charge in [-0.25, -0.2) is 4.79 Å². The van der Waals surface area contributed by atoms with Gasteiger partial charge < -0.3 is 20.4 Å². The van der Waals surface area contributed by atoms with E-state index in [1.54, 1.807) is 4.90 Å². The molecule has 0 aliphatic carbocycles. The molecule has 2 N–H and O–H groups in total. The molecule has 0 aromatic heterocycles. The largest absolute Gasteiger partial charge is 0.338 e. The summed E-state index contributed by atoms with van der Waals surface area (Å²) in [5, 5.41) is 5.64. The number of carbonyl (C=O) groups excluding carboxylic acids is 3. The zero-order valence-corrected chi connectivity index (χ0v) is 18.9.